The number of phenolic OH excluding ortho intramolecular Hbond substituents is 1. The maximum atomic E-state index is 11.9. The largest absolute Gasteiger partial charge is 0.504 e. The van der Waals surface area contributed by atoms with E-state index in [9.17, 15) is 14.7 Å². The van der Waals surface area contributed by atoms with Crippen LogP contribution >= 0.6 is 0 Å². The number of rotatable bonds is 4. The van der Waals surface area contributed by atoms with E-state index in [1.54, 1.807) is 30.3 Å². The van der Waals surface area contributed by atoms with E-state index in [0.717, 1.165) is 11.1 Å². The zero-order valence-corrected chi connectivity index (χ0v) is 14.2. The van der Waals surface area contributed by atoms with Crippen LogP contribution in [0.4, 0.5) is 5.69 Å². The molecule has 0 heterocycles. The van der Waals surface area contributed by atoms with Gasteiger partial charge < -0.3 is 15.2 Å². The summed E-state index contributed by atoms with van der Waals surface area (Å²) in [4.78, 5) is 23.7. The van der Waals surface area contributed by atoms with Crippen LogP contribution in [-0.4, -0.2) is 30.2 Å². The predicted octanol–water partition coefficient (Wildman–Crippen LogP) is 2.11. The van der Waals surface area contributed by atoms with Gasteiger partial charge in [0.2, 0.25) is 0 Å². The second-order valence-corrected chi connectivity index (χ2v) is 5.43. The molecule has 0 saturated carbocycles. The number of hydrogen-bond acceptors (Lipinski definition) is 5. The lowest BCUT2D eigenvalue weighted by Crippen LogP contribution is -2.32. The maximum absolute atomic E-state index is 11.9. The summed E-state index contributed by atoms with van der Waals surface area (Å²) in [6.07, 6.45) is 1.22. The van der Waals surface area contributed by atoms with Crippen molar-refractivity contribution >= 4 is 23.7 Å². The Morgan fingerprint density at radius 2 is 1.80 bits per heavy atom. The lowest BCUT2D eigenvalue weighted by molar-refractivity contribution is -0.136. The number of hydrazone groups is 1. The number of ether oxygens (including phenoxy) is 1. The van der Waals surface area contributed by atoms with Crippen molar-refractivity contribution in [2.75, 3.05) is 12.4 Å². The highest BCUT2D eigenvalue weighted by molar-refractivity contribution is 6.39. The third-order valence-corrected chi connectivity index (χ3v) is 3.31. The average molecular weight is 341 g/mol. The Labute approximate surface area is 145 Å². The van der Waals surface area contributed by atoms with Crippen molar-refractivity contribution in [3.8, 4) is 11.5 Å². The number of anilines is 1. The smallest absolute Gasteiger partial charge is 0.329 e. The number of nitrogens with zero attached hydrogens (tertiary/aromatic N) is 1. The van der Waals surface area contributed by atoms with Gasteiger partial charge in [0.25, 0.3) is 0 Å². The van der Waals surface area contributed by atoms with Gasteiger partial charge in [-0.1, -0.05) is 12.1 Å². The molecule has 0 fully saturated rings. The minimum atomic E-state index is -0.919. The summed E-state index contributed by atoms with van der Waals surface area (Å²) in [7, 11) is 1.43. The fraction of sp³-hybridized carbons (Fsp3) is 0.167. The summed E-state index contributed by atoms with van der Waals surface area (Å²) in [5.74, 6) is -1.58. The molecular weight excluding hydrogens is 322 g/mol. The molecule has 2 aromatic rings. The van der Waals surface area contributed by atoms with Gasteiger partial charge in [-0.05, 0) is 49.2 Å². The number of phenols is 1. The molecule has 3 N–H and O–H groups in total. The van der Waals surface area contributed by atoms with Crippen LogP contribution in [0.3, 0.4) is 0 Å². The van der Waals surface area contributed by atoms with E-state index in [0.29, 0.717) is 11.3 Å². The normalized spacial score (nSPS) is 10.5. The van der Waals surface area contributed by atoms with Crippen LogP contribution in [0.1, 0.15) is 16.7 Å². The summed E-state index contributed by atoms with van der Waals surface area (Å²) < 4.78 is 4.97. The monoisotopic (exact) mass is 341 g/mol. The van der Waals surface area contributed by atoms with Crippen LogP contribution < -0.4 is 15.5 Å². The third kappa shape index (κ3) is 4.81. The Morgan fingerprint density at radius 1 is 1.12 bits per heavy atom. The summed E-state index contributed by atoms with van der Waals surface area (Å²) in [5.41, 5.74) is 4.94. The molecule has 0 atom stereocenters. The summed E-state index contributed by atoms with van der Waals surface area (Å²) >= 11 is 0. The van der Waals surface area contributed by atoms with E-state index >= 15 is 0 Å². The van der Waals surface area contributed by atoms with Gasteiger partial charge in [-0.3, -0.25) is 9.59 Å². The van der Waals surface area contributed by atoms with Gasteiger partial charge in [-0.15, -0.1) is 0 Å². The first kappa shape index (κ1) is 18.0. The Balaban J connectivity index is 1.98. The second kappa shape index (κ2) is 7.96. The van der Waals surface area contributed by atoms with Gasteiger partial charge >= 0.3 is 11.8 Å². The van der Waals surface area contributed by atoms with Gasteiger partial charge in [-0.25, -0.2) is 5.43 Å². The molecule has 0 aliphatic heterocycles. The fourth-order valence-electron chi connectivity index (χ4n) is 2.25. The zero-order chi connectivity index (χ0) is 18.4. The van der Waals surface area contributed by atoms with Crippen LogP contribution in [-0.2, 0) is 9.59 Å². The van der Waals surface area contributed by atoms with Crippen molar-refractivity contribution in [3.63, 3.8) is 0 Å². The maximum Gasteiger partial charge on any atom is 0.329 e. The standard InChI is InChI=1S/C18H19N3O4/c1-11-7-12(2)9-14(8-11)20-17(23)18(24)21-19-10-13-5-4-6-15(25-3)16(13)22/h4-10,22H,1-3H3,(H,20,23)(H,21,24)/b19-10-. The Bertz CT molecular complexity index is 811. The first-order valence-corrected chi connectivity index (χ1v) is 7.49. The third-order valence-electron chi connectivity index (χ3n) is 3.31. The van der Waals surface area contributed by atoms with E-state index in [1.807, 2.05) is 19.9 Å². The van der Waals surface area contributed by atoms with E-state index < -0.39 is 11.8 Å². The van der Waals surface area contributed by atoms with Gasteiger partial charge in [-0.2, -0.15) is 5.10 Å². The fourth-order valence-corrected chi connectivity index (χ4v) is 2.25. The summed E-state index contributed by atoms with van der Waals surface area (Å²) in [6, 6.07) is 10.3. The van der Waals surface area contributed by atoms with Crippen LogP contribution in [0.2, 0.25) is 0 Å². The second-order valence-electron chi connectivity index (χ2n) is 5.43. The number of amides is 2. The molecule has 0 aromatic heterocycles. The SMILES string of the molecule is COc1cccc(/C=N\NC(=O)C(=O)Nc2cc(C)cc(C)c2)c1O. The number of aromatic hydroxyl groups is 1. The average Bonchev–Trinajstić information content (AvgIpc) is 2.55. The van der Waals surface area contributed by atoms with Crippen molar-refractivity contribution in [2.24, 2.45) is 5.10 Å². The number of hydrogen-bond donors (Lipinski definition) is 3. The van der Waals surface area contributed by atoms with Crippen LogP contribution in [0, 0.1) is 13.8 Å². The number of para-hydroxylation sites is 1. The van der Waals surface area contributed by atoms with Gasteiger partial charge in [0.15, 0.2) is 11.5 Å². The molecule has 2 aromatic carbocycles. The molecule has 0 saturated heterocycles. The van der Waals surface area contributed by atoms with E-state index in [4.69, 9.17) is 4.74 Å². The first-order valence-electron chi connectivity index (χ1n) is 7.49. The highest BCUT2D eigenvalue weighted by atomic mass is 16.5. The Hall–Kier alpha value is -3.35. The predicted molar refractivity (Wildman–Crippen MR) is 94.9 cm³/mol. The summed E-state index contributed by atoms with van der Waals surface area (Å²) in [5, 5.41) is 16.1. The minimum absolute atomic E-state index is 0.109. The Kier molecular flexibility index (Phi) is 5.73. The van der Waals surface area contributed by atoms with E-state index in [1.165, 1.54) is 13.3 Å². The first-order chi connectivity index (χ1) is 11.9. The van der Waals surface area contributed by atoms with Crippen molar-refractivity contribution < 1.29 is 19.4 Å². The zero-order valence-electron chi connectivity index (χ0n) is 14.2. The molecule has 0 unspecified atom stereocenters. The molecular formula is C18H19N3O4. The van der Waals surface area contributed by atoms with Crippen molar-refractivity contribution in [2.45, 2.75) is 13.8 Å². The van der Waals surface area contributed by atoms with Gasteiger partial charge in [0.1, 0.15) is 0 Å². The molecule has 0 aliphatic rings. The van der Waals surface area contributed by atoms with Gasteiger partial charge in [0, 0.05) is 11.3 Å². The number of benzene rings is 2. The molecule has 0 bridgehead atoms. The lowest BCUT2D eigenvalue weighted by Gasteiger charge is -2.07. The van der Waals surface area contributed by atoms with E-state index in [2.05, 4.69) is 15.8 Å². The Morgan fingerprint density at radius 3 is 2.44 bits per heavy atom. The van der Waals surface area contributed by atoms with Crippen molar-refractivity contribution in [1.29, 1.82) is 0 Å². The number of methoxy groups -OCH3 is 1. The number of carbonyl (C=O) groups is 2. The molecule has 7 heteroatoms. The highest BCUT2D eigenvalue weighted by Gasteiger charge is 2.13. The van der Waals surface area contributed by atoms with Gasteiger partial charge in [0.05, 0.1) is 13.3 Å². The minimum Gasteiger partial charge on any atom is -0.504 e. The molecule has 0 aliphatic carbocycles. The van der Waals surface area contributed by atoms with Crippen LogP contribution in [0.5, 0.6) is 11.5 Å². The van der Waals surface area contributed by atoms with E-state index in [-0.39, 0.29) is 11.5 Å². The van der Waals surface area contributed by atoms with Crippen molar-refractivity contribution in [3.05, 3.63) is 53.1 Å². The van der Waals surface area contributed by atoms with Crippen LogP contribution in [0.15, 0.2) is 41.5 Å². The van der Waals surface area contributed by atoms with Crippen molar-refractivity contribution in [1.82, 2.24) is 5.43 Å². The topological polar surface area (TPSA) is 100 Å². The summed E-state index contributed by atoms with van der Waals surface area (Å²) in [6.45, 7) is 3.79. The molecule has 0 spiro atoms. The number of carbonyl (C=O) groups excluding carboxylic acids is 2. The lowest BCUT2D eigenvalue weighted by atomic mass is 10.1. The molecule has 2 rings (SSSR count). The molecule has 7 nitrogen and oxygen atoms in total. The molecule has 25 heavy (non-hydrogen) atoms. The molecule has 2 amide bonds. The highest BCUT2D eigenvalue weighted by Crippen LogP contribution is 2.27. The molecule has 0 radical (unpaired) electrons. The molecule has 130 valence electrons. The number of nitrogens with one attached hydrogen (secondary N) is 2. The number of aryl methyl sites for hydroxylation is 2. The van der Waals surface area contributed by atoms with Crippen LogP contribution in [0.25, 0.3) is 0 Å². The quantitative estimate of drug-likeness (QED) is 0.450.